The quantitative estimate of drug-likeness (QED) is 0.696. The number of piperidine rings is 1. The number of para-hydroxylation sites is 1. The summed E-state index contributed by atoms with van der Waals surface area (Å²) in [6.45, 7) is 6.16. The van der Waals surface area contributed by atoms with E-state index in [0.717, 1.165) is 30.3 Å². The van der Waals surface area contributed by atoms with E-state index in [-0.39, 0.29) is 17.5 Å². The molecule has 1 atom stereocenters. The molecular formula is C24H29F2N3O2. The smallest absolute Gasteiger partial charge is 0.253 e. The molecule has 31 heavy (non-hydrogen) atoms. The average molecular weight is 430 g/mol. The maximum absolute atomic E-state index is 13.4. The lowest BCUT2D eigenvalue weighted by atomic mass is 10.0. The zero-order valence-electron chi connectivity index (χ0n) is 18.0. The van der Waals surface area contributed by atoms with Crippen molar-refractivity contribution in [2.75, 3.05) is 24.5 Å². The van der Waals surface area contributed by atoms with Crippen molar-refractivity contribution in [3.8, 4) is 0 Å². The van der Waals surface area contributed by atoms with Crippen molar-refractivity contribution in [1.82, 2.24) is 10.6 Å². The number of halogens is 2. The number of amides is 2. The van der Waals surface area contributed by atoms with Gasteiger partial charge in [0, 0.05) is 43.0 Å². The van der Waals surface area contributed by atoms with Crippen LogP contribution in [0.15, 0.2) is 42.5 Å². The van der Waals surface area contributed by atoms with Gasteiger partial charge in [0.15, 0.2) is 0 Å². The number of benzene rings is 2. The average Bonchev–Trinajstić information content (AvgIpc) is 2.77. The fraction of sp³-hybridized carbons (Fsp3) is 0.417. The molecule has 5 nitrogen and oxygen atoms in total. The van der Waals surface area contributed by atoms with Gasteiger partial charge in [0.2, 0.25) is 0 Å². The summed E-state index contributed by atoms with van der Waals surface area (Å²) in [6.07, 6.45) is 2.35. The van der Waals surface area contributed by atoms with Gasteiger partial charge in [0.25, 0.3) is 11.8 Å². The Labute approximate surface area is 181 Å². The number of hydrogen-bond acceptors (Lipinski definition) is 3. The Morgan fingerprint density at radius 2 is 1.71 bits per heavy atom. The van der Waals surface area contributed by atoms with Gasteiger partial charge < -0.3 is 15.5 Å². The van der Waals surface area contributed by atoms with Crippen LogP contribution in [0.25, 0.3) is 0 Å². The minimum Gasteiger partial charge on any atom is -0.371 e. The lowest BCUT2D eigenvalue weighted by molar-refractivity contribution is 0.0928. The van der Waals surface area contributed by atoms with Crippen LogP contribution in [0.3, 0.4) is 0 Å². The first kappa shape index (κ1) is 22.7. The number of nitrogens with zero attached hydrogens (tertiary/aromatic N) is 1. The second-order valence-electron chi connectivity index (χ2n) is 8.13. The van der Waals surface area contributed by atoms with E-state index in [4.69, 9.17) is 0 Å². The summed E-state index contributed by atoms with van der Waals surface area (Å²) in [5.74, 6) is -1.70. The molecular weight excluding hydrogens is 400 g/mol. The van der Waals surface area contributed by atoms with Crippen molar-refractivity contribution in [2.45, 2.75) is 39.2 Å². The summed E-state index contributed by atoms with van der Waals surface area (Å²) in [5.41, 5.74) is 1.49. The first-order valence-corrected chi connectivity index (χ1v) is 10.8. The molecule has 2 aromatic rings. The summed E-state index contributed by atoms with van der Waals surface area (Å²) in [6, 6.07) is 10.2. The summed E-state index contributed by atoms with van der Waals surface area (Å²) in [4.78, 5) is 27.2. The third kappa shape index (κ3) is 6.03. The van der Waals surface area contributed by atoms with Gasteiger partial charge in [-0.2, -0.15) is 0 Å². The van der Waals surface area contributed by atoms with Crippen LogP contribution in [-0.2, 0) is 0 Å². The zero-order chi connectivity index (χ0) is 22.4. The van der Waals surface area contributed by atoms with Crippen LogP contribution >= 0.6 is 0 Å². The van der Waals surface area contributed by atoms with Crippen LogP contribution in [0.2, 0.25) is 0 Å². The topological polar surface area (TPSA) is 61.4 Å². The molecule has 1 aliphatic rings. The molecule has 2 N–H and O–H groups in total. The van der Waals surface area contributed by atoms with E-state index in [0.29, 0.717) is 44.0 Å². The van der Waals surface area contributed by atoms with Crippen LogP contribution in [0.4, 0.5) is 14.5 Å². The molecule has 0 unspecified atom stereocenters. The molecule has 7 heteroatoms. The summed E-state index contributed by atoms with van der Waals surface area (Å²) < 4.78 is 26.7. The Morgan fingerprint density at radius 3 is 2.35 bits per heavy atom. The highest BCUT2D eigenvalue weighted by atomic mass is 19.1. The molecule has 0 spiro atoms. The number of nitrogens with one attached hydrogen (secondary N) is 2. The van der Waals surface area contributed by atoms with Crippen molar-refractivity contribution in [1.29, 1.82) is 0 Å². The normalized spacial score (nSPS) is 15.4. The first-order valence-electron chi connectivity index (χ1n) is 10.8. The minimum absolute atomic E-state index is 0.0248. The summed E-state index contributed by atoms with van der Waals surface area (Å²) in [5, 5.41) is 5.87. The van der Waals surface area contributed by atoms with Gasteiger partial charge in [-0.1, -0.05) is 32.4 Å². The molecule has 166 valence electrons. The van der Waals surface area contributed by atoms with Crippen LogP contribution in [0.1, 0.15) is 53.8 Å². The molecule has 1 fully saturated rings. The van der Waals surface area contributed by atoms with Crippen molar-refractivity contribution < 1.29 is 18.4 Å². The zero-order valence-corrected chi connectivity index (χ0v) is 18.0. The Morgan fingerprint density at radius 1 is 1.06 bits per heavy atom. The van der Waals surface area contributed by atoms with Gasteiger partial charge in [-0.25, -0.2) is 8.78 Å². The summed E-state index contributed by atoms with van der Waals surface area (Å²) >= 11 is 0. The fourth-order valence-corrected chi connectivity index (χ4v) is 3.67. The van der Waals surface area contributed by atoms with E-state index in [2.05, 4.69) is 29.4 Å². The number of hydrogen-bond donors (Lipinski definition) is 2. The molecule has 0 bridgehead atoms. The van der Waals surface area contributed by atoms with Crippen molar-refractivity contribution in [3.05, 3.63) is 65.2 Å². The SMILES string of the molecule is CC[C@@H](C)CNC(=O)c1ccccc1N1CCC(NC(=O)c2cc(F)cc(F)c2)CC1. The van der Waals surface area contributed by atoms with Gasteiger partial charge in [-0.15, -0.1) is 0 Å². The van der Waals surface area contributed by atoms with Crippen molar-refractivity contribution in [2.24, 2.45) is 5.92 Å². The monoisotopic (exact) mass is 429 g/mol. The van der Waals surface area contributed by atoms with Crippen LogP contribution in [0, 0.1) is 17.6 Å². The highest BCUT2D eigenvalue weighted by Gasteiger charge is 2.24. The number of carbonyl (C=O) groups excluding carboxylic acids is 2. The maximum Gasteiger partial charge on any atom is 0.253 e. The minimum atomic E-state index is -0.775. The first-order chi connectivity index (χ1) is 14.9. The number of rotatable bonds is 7. The number of carbonyl (C=O) groups is 2. The molecule has 0 radical (unpaired) electrons. The van der Waals surface area contributed by atoms with Gasteiger partial charge in [-0.3, -0.25) is 9.59 Å². The Balaban J connectivity index is 1.59. The van der Waals surface area contributed by atoms with E-state index in [1.807, 2.05) is 24.3 Å². The van der Waals surface area contributed by atoms with Crippen LogP contribution in [0.5, 0.6) is 0 Å². The van der Waals surface area contributed by atoms with Gasteiger partial charge in [0.05, 0.1) is 5.56 Å². The Hall–Kier alpha value is -2.96. The van der Waals surface area contributed by atoms with Crippen molar-refractivity contribution in [3.63, 3.8) is 0 Å². The Kier molecular flexibility index (Phi) is 7.60. The van der Waals surface area contributed by atoms with E-state index in [9.17, 15) is 18.4 Å². The molecule has 2 amide bonds. The second kappa shape index (κ2) is 10.4. The summed E-state index contributed by atoms with van der Waals surface area (Å²) in [7, 11) is 0. The molecule has 0 aromatic heterocycles. The number of anilines is 1. The third-order valence-corrected chi connectivity index (χ3v) is 5.75. The molecule has 0 saturated carbocycles. The fourth-order valence-electron chi connectivity index (χ4n) is 3.67. The van der Waals surface area contributed by atoms with Crippen LogP contribution < -0.4 is 15.5 Å². The predicted octanol–water partition coefficient (Wildman–Crippen LogP) is 4.14. The van der Waals surface area contributed by atoms with E-state index < -0.39 is 17.5 Å². The lowest BCUT2D eigenvalue weighted by Crippen LogP contribution is -2.45. The van der Waals surface area contributed by atoms with E-state index >= 15 is 0 Å². The highest BCUT2D eigenvalue weighted by molar-refractivity contribution is 5.99. The van der Waals surface area contributed by atoms with Crippen LogP contribution in [-0.4, -0.2) is 37.5 Å². The molecule has 0 aliphatic carbocycles. The van der Waals surface area contributed by atoms with Crippen molar-refractivity contribution >= 4 is 17.5 Å². The van der Waals surface area contributed by atoms with Gasteiger partial charge in [0.1, 0.15) is 11.6 Å². The van der Waals surface area contributed by atoms with E-state index in [1.54, 1.807) is 0 Å². The Bertz CT molecular complexity index is 907. The van der Waals surface area contributed by atoms with Gasteiger partial charge >= 0.3 is 0 Å². The predicted molar refractivity (Wildman–Crippen MR) is 117 cm³/mol. The molecule has 1 saturated heterocycles. The molecule has 1 aliphatic heterocycles. The van der Waals surface area contributed by atoms with Gasteiger partial charge in [-0.05, 0) is 43.0 Å². The standard InChI is InChI=1S/C24H29F2N3O2/c1-3-16(2)15-27-24(31)21-6-4-5-7-22(21)29-10-8-20(9-11-29)28-23(30)17-12-18(25)14-19(26)13-17/h4-7,12-14,16,20H,3,8-11,15H2,1-2H3,(H,27,31)(H,28,30)/t16-/m1/s1. The largest absolute Gasteiger partial charge is 0.371 e. The molecule has 2 aromatic carbocycles. The van der Waals surface area contributed by atoms with E-state index in [1.165, 1.54) is 0 Å². The highest BCUT2D eigenvalue weighted by Crippen LogP contribution is 2.24. The third-order valence-electron chi connectivity index (χ3n) is 5.75. The lowest BCUT2D eigenvalue weighted by Gasteiger charge is -2.35. The second-order valence-corrected chi connectivity index (χ2v) is 8.13. The maximum atomic E-state index is 13.4. The molecule has 3 rings (SSSR count). The molecule has 1 heterocycles.